The molecule has 1 N–H and O–H groups in total. The lowest BCUT2D eigenvalue weighted by Crippen LogP contribution is -2.28. The maximum absolute atomic E-state index is 12.6. The molecule has 0 radical (unpaired) electrons. The van der Waals surface area contributed by atoms with Gasteiger partial charge in [-0.25, -0.2) is 9.19 Å². The van der Waals surface area contributed by atoms with Crippen molar-refractivity contribution in [2.75, 3.05) is 11.4 Å². The highest BCUT2D eigenvalue weighted by Gasteiger charge is 2.30. The fraction of sp³-hybridized carbons (Fsp3) is 0.632. The maximum atomic E-state index is 12.6. The van der Waals surface area contributed by atoms with E-state index in [0.717, 1.165) is 36.5 Å². The van der Waals surface area contributed by atoms with Gasteiger partial charge in [0, 0.05) is 24.7 Å². The number of carbonyl (C=O) groups excluding carboxylic acids is 1. The molecule has 0 saturated carbocycles. The summed E-state index contributed by atoms with van der Waals surface area (Å²) < 4.78 is 16.6. The largest absolute Gasteiger partial charge is 0.354 e. The first-order valence-corrected chi connectivity index (χ1v) is 10.4. The van der Waals surface area contributed by atoms with Crippen molar-refractivity contribution in [2.24, 2.45) is 4.40 Å². The van der Waals surface area contributed by atoms with Crippen molar-refractivity contribution in [1.82, 2.24) is 10.3 Å². The van der Waals surface area contributed by atoms with Crippen molar-refractivity contribution < 1.29 is 9.00 Å². The van der Waals surface area contributed by atoms with E-state index in [1.807, 2.05) is 33.8 Å². The molecule has 2 atom stereocenters. The first-order valence-electron chi connectivity index (χ1n) is 9.31. The first-order chi connectivity index (χ1) is 12.2. The summed E-state index contributed by atoms with van der Waals surface area (Å²) in [7, 11) is -1.36. The van der Waals surface area contributed by atoms with Crippen LogP contribution in [-0.4, -0.2) is 38.1 Å². The zero-order chi connectivity index (χ0) is 19.1. The van der Waals surface area contributed by atoms with Crippen molar-refractivity contribution in [1.29, 1.82) is 0 Å². The first kappa shape index (κ1) is 19.0. The van der Waals surface area contributed by atoms with Gasteiger partial charge in [0.05, 0.1) is 21.7 Å². The smallest absolute Gasteiger partial charge is 0.252 e. The Morgan fingerprint density at radius 1 is 1.46 bits per heavy atom. The van der Waals surface area contributed by atoms with Gasteiger partial charge in [-0.15, -0.1) is 0 Å². The monoisotopic (exact) mass is 376 g/mol. The second-order valence-corrected chi connectivity index (χ2v) is 9.88. The van der Waals surface area contributed by atoms with Crippen LogP contribution in [0.3, 0.4) is 0 Å². The Balaban J connectivity index is 2.12. The maximum Gasteiger partial charge on any atom is 0.252 e. The van der Waals surface area contributed by atoms with Crippen molar-refractivity contribution >= 4 is 28.4 Å². The van der Waals surface area contributed by atoms with Gasteiger partial charge in [0.2, 0.25) is 0 Å². The number of nitrogens with zero attached hydrogens (tertiary/aromatic N) is 3. The molecule has 1 saturated heterocycles. The number of hydrogen-bond donors (Lipinski definition) is 1. The number of amides is 1. The summed E-state index contributed by atoms with van der Waals surface area (Å²) in [6.45, 7) is 11.3. The van der Waals surface area contributed by atoms with Gasteiger partial charge in [0.15, 0.2) is 0 Å². The van der Waals surface area contributed by atoms with Crippen LogP contribution in [0.4, 0.5) is 5.82 Å². The molecule has 7 heteroatoms. The Kier molecular flexibility index (Phi) is 5.19. The van der Waals surface area contributed by atoms with E-state index in [1.165, 1.54) is 0 Å². The Morgan fingerprint density at radius 3 is 2.77 bits per heavy atom. The minimum Gasteiger partial charge on any atom is -0.354 e. The van der Waals surface area contributed by atoms with E-state index in [0.29, 0.717) is 30.3 Å². The number of nitrogens with one attached hydrogen (secondary N) is 1. The minimum atomic E-state index is -1.36. The average Bonchev–Trinajstić information content (AvgIpc) is 3.17. The van der Waals surface area contributed by atoms with Gasteiger partial charge < -0.3 is 10.2 Å². The standard InChI is InChI=1S/C19H28N4O2S/c1-6-15(22-26(25)19(3,4)5)17-14-11-20-18(24)13(14)10-16(21-17)23-9-7-8-12(23)2/h10,12H,6-9,11H2,1-5H3,(H,20,24)/t12-,26+/m1/s1. The molecule has 3 heterocycles. The van der Waals surface area contributed by atoms with Crippen LogP contribution in [0.2, 0.25) is 0 Å². The van der Waals surface area contributed by atoms with Crippen LogP contribution in [-0.2, 0) is 17.5 Å². The van der Waals surface area contributed by atoms with Gasteiger partial charge in [-0.1, -0.05) is 6.92 Å². The fourth-order valence-corrected chi connectivity index (χ4v) is 4.06. The molecule has 26 heavy (non-hydrogen) atoms. The molecule has 0 spiro atoms. The van der Waals surface area contributed by atoms with Crippen LogP contribution < -0.4 is 10.2 Å². The highest BCUT2D eigenvalue weighted by atomic mass is 32.2. The number of fused-ring (bicyclic) bond motifs is 1. The molecule has 142 valence electrons. The SMILES string of the molecule is CCC(=N[S@@](=O)C(C)(C)C)c1nc(N2CCC[C@H]2C)cc2c1CNC2=O. The molecular weight excluding hydrogens is 348 g/mol. The molecular formula is C19H28N4O2S. The summed E-state index contributed by atoms with van der Waals surface area (Å²) in [6.07, 6.45) is 2.88. The fourth-order valence-electron chi connectivity index (χ4n) is 3.38. The van der Waals surface area contributed by atoms with Crippen molar-refractivity contribution in [3.8, 4) is 0 Å². The zero-order valence-electron chi connectivity index (χ0n) is 16.3. The predicted octanol–water partition coefficient (Wildman–Crippen LogP) is 2.98. The molecule has 1 fully saturated rings. The quantitative estimate of drug-likeness (QED) is 0.820. The second kappa shape index (κ2) is 7.10. The second-order valence-electron chi connectivity index (χ2n) is 7.98. The van der Waals surface area contributed by atoms with Crippen LogP contribution in [0.25, 0.3) is 0 Å². The number of rotatable bonds is 4. The van der Waals surface area contributed by atoms with Crippen LogP contribution in [0.15, 0.2) is 10.5 Å². The van der Waals surface area contributed by atoms with E-state index in [1.54, 1.807) is 0 Å². The lowest BCUT2D eigenvalue weighted by Gasteiger charge is -2.24. The van der Waals surface area contributed by atoms with Gasteiger partial charge in [0.25, 0.3) is 5.91 Å². The summed E-state index contributed by atoms with van der Waals surface area (Å²) in [6, 6.07) is 2.31. The molecule has 2 aliphatic rings. The molecule has 1 aromatic heterocycles. The molecule has 0 aliphatic carbocycles. The molecule has 1 amide bonds. The summed E-state index contributed by atoms with van der Waals surface area (Å²) >= 11 is 0. The predicted molar refractivity (Wildman–Crippen MR) is 106 cm³/mol. The highest BCUT2D eigenvalue weighted by molar-refractivity contribution is 7.85. The molecule has 1 aromatic rings. The molecule has 3 rings (SSSR count). The highest BCUT2D eigenvalue weighted by Crippen LogP contribution is 2.30. The third-order valence-electron chi connectivity index (χ3n) is 4.95. The summed E-state index contributed by atoms with van der Waals surface area (Å²) in [4.78, 5) is 19.4. The summed E-state index contributed by atoms with van der Waals surface area (Å²) in [5, 5.41) is 2.89. The Hall–Kier alpha value is -1.76. The van der Waals surface area contributed by atoms with E-state index in [-0.39, 0.29) is 5.91 Å². The number of hydrogen-bond acceptors (Lipinski definition) is 4. The van der Waals surface area contributed by atoms with E-state index >= 15 is 0 Å². The Labute approximate surface area is 158 Å². The lowest BCUT2D eigenvalue weighted by atomic mass is 10.0. The third-order valence-corrected chi connectivity index (χ3v) is 6.39. The number of anilines is 1. The van der Waals surface area contributed by atoms with E-state index < -0.39 is 15.7 Å². The summed E-state index contributed by atoms with van der Waals surface area (Å²) in [5.74, 6) is 0.757. The molecule has 6 nitrogen and oxygen atoms in total. The van der Waals surface area contributed by atoms with Gasteiger partial charge in [-0.05, 0) is 53.0 Å². The van der Waals surface area contributed by atoms with Crippen LogP contribution in [0, 0.1) is 0 Å². The molecule has 0 aromatic carbocycles. The van der Waals surface area contributed by atoms with Crippen molar-refractivity contribution in [3.05, 3.63) is 22.9 Å². The molecule has 0 unspecified atom stereocenters. The van der Waals surface area contributed by atoms with Crippen molar-refractivity contribution in [3.63, 3.8) is 0 Å². The number of pyridine rings is 1. The molecule has 2 aliphatic heterocycles. The summed E-state index contributed by atoms with van der Waals surface area (Å²) in [5.41, 5.74) is 2.97. The minimum absolute atomic E-state index is 0.0656. The van der Waals surface area contributed by atoms with E-state index in [4.69, 9.17) is 4.98 Å². The lowest BCUT2D eigenvalue weighted by molar-refractivity contribution is 0.0965. The normalized spacial score (nSPS) is 21.7. The zero-order valence-corrected chi connectivity index (χ0v) is 17.1. The molecule has 0 bridgehead atoms. The van der Waals surface area contributed by atoms with E-state index in [9.17, 15) is 9.00 Å². The van der Waals surface area contributed by atoms with E-state index in [2.05, 4.69) is 21.5 Å². The van der Waals surface area contributed by atoms with Gasteiger partial charge in [-0.3, -0.25) is 4.79 Å². The van der Waals surface area contributed by atoms with Crippen LogP contribution in [0.5, 0.6) is 0 Å². The van der Waals surface area contributed by atoms with Gasteiger partial charge in [0.1, 0.15) is 16.8 Å². The third kappa shape index (κ3) is 3.54. The topological polar surface area (TPSA) is 74.7 Å². The van der Waals surface area contributed by atoms with Crippen molar-refractivity contribution in [2.45, 2.75) is 71.2 Å². The van der Waals surface area contributed by atoms with Gasteiger partial charge >= 0.3 is 0 Å². The van der Waals surface area contributed by atoms with Gasteiger partial charge in [-0.2, -0.15) is 4.40 Å². The van der Waals surface area contributed by atoms with Crippen LogP contribution >= 0.6 is 0 Å². The Bertz CT molecular complexity index is 782. The van der Waals surface area contributed by atoms with Crippen LogP contribution in [0.1, 0.15) is 75.5 Å². The number of carbonyl (C=O) groups is 1. The average molecular weight is 377 g/mol. The number of aromatic nitrogens is 1. The Morgan fingerprint density at radius 2 is 2.19 bits per heavy atom.